The van der Waals surface area contributed by atoms with Gasteiger partial charge in [-0.25, -0.2) is 9.59 Å². The number of nitrogens with one attached hydrogen (secondary N) is 2. The number of fused-ring (bicyclic) bond motifs is 6. The number of hydrogen-bond acceptors (Lipinski definition) is 8. The molecule has 4 aliphatic rings. The highest BCUT2D eigenvalue weighted by Crippen LogP contribution is 2.52. The maximum absolute atomic E-state index is 12.4. The van der Waals surface area contributed by atoms with Crippen molar-refractivity contribution in [2.75, 3.05) is 37.9 Å². The van der Waals surface area contributed by atoms with Crippen LogP contribution in [0.1, 0.15) is 29.9 Å². The standard InChI is InChI=1S/C24H26N6O4/c1-33-22(31)29-12-10-15-14-6-5-9-18(19(14)26-20(15)29)27-28-24-11-13-30(23(32)34-2)21(24)25-17-8-4-3-7-16(17)24/h3-9,15,20-21,25-26H,10-13H2,1-2H3/t15-,20?,21?,24+/m1/s1. The van der Waals surface area contributed by atoms with E-state index >= 15 is 0 Å². The molecular formula is C24H26N6O4. The predicted molar refractivity (Wildman–Crippen MR) is 124 cm³/mol. The molecule has 2 N–H and O–H groups in total. The zero-order valence-corrected chi connectivity index (χ0v) is 19.0. The number of carbonyl (C=O) groups excluding carboxylic acids is 2. The zero-order chi connectivity index (χ0) is 23.4. The average molecular weight is 463 g/mol. The number of ether oxygens (including phenoxy) is 2. The third-order valence-corrected chi connectivity index (χ3v) is 7.50. The Labute approximate surface area is 196 Å². The quantitative estimate of drug-likeness (QED) is 0.648. The van der Waals surface area contributed by atoms with E-state index in [-0.39, 0.29) is 30.4 Å². The zero-order valence-electron chi connectivity index (χ0n) is 19.0. The van der Waals surface area contributed by atoms with Crippen molar-refractivity contribution < 1.29 is 19.1 Å². The highest BCUT2D eigenvalue weighted by Gasteiger charge is 2.56. The number of nitrogens with zero attached hydrogens (tertiary/aromatic N) is 4. The Morgan fingerprint density at radius 1 is 1.00 bits per heavy atom. The molecule has 6 rings (SSSR count). The monoisotopic (exact) mass is 462 g/mol. The van der Waals surface area contributed by atoms with Crippen LogP contribution in [0.2, 0.25) is 0 Å². The van der Waals surface area contributed by atoms with Gasteiger partial charge in [0.05, 0.1) is 19.9 Å². The molecule has 2 amide bonds. The van der Waals surface area contributed by atoms with E-state index in [2.05, 4.69) is 16.7 Å². The maximum atomic E-state index is 12.4. The van der Waals surface area contributed by atoms with Gasteiger partial charge in [-0.15, -0.1) is 0 Å². The minimum Gasteiger partial charge on any atom is -0.453 e. The van der Waals surface area contributed by atoms with E-state index in [4.69, 9.17) is 19.7 Å². The Morgan fingerprint density at radius 2 is 1.79 bits per heavy atom. The molecule has 0 aliphatic carbocycles. The van der Waals surface area contributed by atoms with Crippen LogP contribution in [0.4, 0.5) is 26.7 Å². The van der Waals surface area contributed by atoms with E-state index in [1.165, 1.54) is 14.2 Å². The topological polar surface area (TPSA) is 108 Å². The van der Waals surface area contributed by atoms with Crippen molar-refractivity contribution in [3.8, 4) is 0 Å². The van der Waals surface area contributed by atoms with Gasteiger partial charge in [0.15, 0.2) is 0 Å². The lowest BCUT2D eigenvalue weighted by Gasteiger charge is -2.27. The fraction of sp³-hybridized carbons (Fsp3) is 0.417. The number of benzene rings is 2. The number of anilines is 2. The summed E-state index contributed by atoms with van der Waals surface area (Å²) >= 11 is 0. The molecule has 2 unspecified atom stereocenters. The smallest absolute Gasteiger partial charge is 0.411 e. The first kappa shape index (κ1) is 20.8. The predicted octanol–water partition coefficient (Wildman–Crippen LogP) is 4.20. The first-order valence-corrected chi connectivity index (χ1v) is 11.4. The van der Waals surface area contributed by atoms with Crippen LogP contribution in [0.5, 0.6) is 0 Å². The summed E-state index contributed by atoms with van der Waals surface area (Å²) in [6.45, 7) is 1.16. The molecule has 2 aromatic rings. The second-order valence-electron chi connectivity index (χ2n) is 9.02. The van der Waals surface area contributed by atoms with Crippen LogP contribution in [0.3, 0.4) is 0 Å². The summed E-state index contributed by atoms with van der Waals surface area (Å²) in [6, 6.07) is 13.9. The van der Waals surface area contributed by atoms with Crippen LogP contribution in [-0.4, -0.2) is 61.6 Å². The molecule has 0 spiro atoms. The lowest BCUT2D eigenvalue weighted by Crippen LogP contribution is -2.45. The van der Waals surface area contributed by atoms with Gasteiger partial charge < -0.3 is 20.1 Å². The van der Waals surface area contributed by atoms with Crippen molar-refractivity contribution in [2.24, 2.45) is 10.2 Å². The molecule has 4 aliphatic heterocycles. The number of amides is 2. The van der Waals surface area contributed by atoms with Gasteiger partial charge in [-0.2, -0.15) is 10.2 Å². The highest BCUT2D eigenvalue weighted by atomic mass is 16.5. The molecule has 0 bridgehead atoms. The molecule has 2 saturated heterocycles. The number of methoxy groups -OCH3 is 2. The summed E-state index contributed by atoms with van der Waals surface area (Å²) in [5, 5.41) is 16.6. The molecule has 34 heavy (non-hydrogen) atoms. The average Bonchev–Trinajstić information content (AvgIpc) is 3.60. The van der Waals surface area contributed by atoms with Gasteiger partial charge in [-0.1, -0.05) is 30.3 Å². The number of likely N-dealkylation sites (tertiary alicyclic amines) is 2. The normalized spacial score (nSPS) is 28.1. The molecule has 0 saturated carbocycles. The molecule has 10 nitrogen and oxygen atoms in total. The van der Waals surface area contributed by atoms with Gasteiger partial charge in [0, 0.05) is 36.7 Å². The lowest BCUT2D eigenvalue weighted by atomic mass is 9.90. The Bertz CT molecular complexity index is 1200. The van der Waals surface area contributed by atoms with E-state index in [1.54, 1.807) is 9.80 Å². The molecule has 0 aromatic heterocycles. The van der Waals surface area contributed by atoms with Crippen molar-refractivity contribution in [3.63, 3.8) is 0 Å². The molecule has 0 radical (unpaired) electrons. The van der Waals surface area contributed by atoms with Crippen LogP contribution in [0, 0.1) is 0 Å². The van der Waals surface area contributed by atoms with Gasteiger partial charge in [-0.3, -0.25) is 9.80 Å². The van der Waals surface area contributed by atoms with Crippen LogP contribution < -0.4 is 10.6 Å². The van der Waals surface area contributed by atoms with Gasteiger partial charge in [0.2, 0.25) is 0 Å². The summed E-state index contributed by atoms with van der Waals surface area (Å²) in [5.74, 6) is 0.185. The summed E-state index contributed by atoms with van der Waals surface area (Å²) < 4.78 is 9.97. The van der Waals surface area contributed by atoms with E-state index in [9.17, 15) is 9.59 Å². The van der Waals surface area contributed by atoms with Crippen molar-refractivity contribution in [2.45, 2.75) is 36.6 Å². The fourth-order valence-electron chi connectivity index (χ4n) is 5.92. The molecule has 2 aromatic carbocycles. The van der Waals surface area contributed by atoms with E-state index < -0.39 is 5.54 Å². The largest absolute Gasteiger partial charge is 0.453 e. The summed E-state index contributed by atoms with van der Waals surface area (Å²) in [6.07, 6.45) is 0.238. The summed E-state index contributed by atoms with van der Waals surface area (Å²) in [7, 11) is 2.79. The van der Waals surface area contributed by atoms with Crippen molar-refractivity contribution in [1.82, 2.24) is 9.80 Å². The van der Waals surface area contributed by atoms with E-state index in [1.807, 2.05) is 36.4 Å². The van der Waals surface area contributed by atoms with Gasteiger partial charge in [-0.05, 0) is 24.1 Å². The molecule has 10 heteroatoms. The molecule has 176 valence electrons. The van der Waals surface area contributed by atoms with E-state index in [0.29, 0.717) is 25.2 Å². The minimum atomic E-state index is -0.708. The lowest BCUT2D eigenvalue weighted by molar-refractivity contribution is 0.118. The molecule has 4 heterocycles. The Balaban J connectivity index is 1.36. The third kappa shape index (κ3) is 2.80. The first-order valence-electron chi connectivity index (χ1n) is 11.4. The summed E-state index contributed by atoms with van der Waals surface area (Å²) in [5.41, 5.74) is 3.99. The van der Waals surface area contributed by atoms with Crippen LogP contribution in [0.15, 0.2) is 52.7 Å². The van der Waals surface area contributed by atoms with Crippen molar-refractivity contribution >= 4 is 29.2 Å². The van der Waals surface area contributed by atoms with Crippen molar-refractivity contribution in [3.05, 3.63) is 53.6 Å². The summed E-state index contributed by atoms with van der Waals surface area (Å²) in [4.78, 5) is 28.1. The van der Waals surface area contributed by atoms with Crippen LogP contribution in [0.25, 0.3) is 0 Å². The number of rotatable bonds is 2. The number of azo groups is 1. The SMILES string of the molecule is COC(=O)N1CC[C@@H]2c3cccc(N=N[C@]45CCN(C(=O)OC)C4Nc4ccccc45)c3NC21. The van der Waals surface area contributed by atoms with Gasteiger partial charge in [0.1, 0.15) is 23.6 Å². The fourth-order valence-corrected chi connectivity index (χ4v) is 5.92. The second-order valence-corrected chi connectivity index (χ2v) is 9.02. The molecule has 4 atom stereocenters. The third-order valence-electron chi connectivity index (χ3n) is 7.50. The van der Waals surface area contributed by atoms with Crippen LogP contribution in [-0.2, 0) is 15.0 Å². The van der Waals surface area contributed by atoms with Gasteiger partial charge in [0.25, 0.3) is 0 Å². The van der Waals surface area contributed by atoms with E-state index in [0.717, 1.165) is 28.9 Å². The Morgan fingerprint density at radius 3 is 2.62 bits per heavy atom. The minimum absolute atomic E-state index is 0.153. The molecule has 2 fully saturated rings. The Hall–Kier alpha value is -3.82. The number of carbonyl (C=O) groups is 2. The molecular weight excluding hydrogens is 436 g/mol. The maximum Gasteiger partial charge on any atom is 0.411 e. The van der Waals surface area contributed by atoms with Gasteiger partial charge >= 0.3 is 12.2 Å². The second kappa shape index (κ2) is 7.61. The first-order chi connectivity index (χ1) is 16.6. The number of hydrogen-bond donors (Lipinski definition) is 2. The van der Waals surface area contributed by atoms with Crippen molar-refractivity contribution in [1.29, 1.82) is 0 Å². The number of para-hydroxylation sites is 2. The van der Waals surface area contributed by atoms with Crippen LogP contribution >= 0.6 is 0 Å². The Kier molecular flexibility index (Phi) is 4.65. The highest BCUT2D eigenvalue weighted by molar-refractivity contribution is 5.77.